The maximum Gasteiger partial charge on any atom is 0.337 e. The molecule has 0 saturated heterocycles. The molecule has 1 aliphatic heterocycles. The summed E-state index contributed by atoms with van der Waals surface area (Å²) in [5.41, 5.74) is 2.97. The fourth-order valence-electron chi connectivity index (χ4n) is 4.47. The van der Waals surface area contributed by atoms with Crippen molar-refractivity contribution in [2.24, 2.45) is 0 Å². The molecule has 0 bridgehead atoms. The molecule has 1 heterocycles. The van der Waals surface area contributed by atoms with Crippen LogP contribution in [0, 0.1) is 0 Å². The molecule has 0 fully saturated rings. The van der Waals surface area contributed by atoms with E-state index >= 15 is 0 Å². The molecule has 6 heteroatoms. The number of benzene rings is 4. The van der Waals surface area contributed by atoms with E-state index in [2.05, 4.69) is 0 Å². The van der Waals surface area contributed by atoms with E-state index in [4.69, 9.17) is 9.47 Å². The Kier molecular flexibility index (Phi) is 6.81. The number of nitrogens with zero attached hydrogens (tertiary/aromatic N) is 1. The Balaban J connectivity index is 1.38. The van der Waals surface area contributed by atoms with Crippen molar-refractivity contribution in [1.29, 1.82) is 0 Å². The van der Waals surface area contributed by atoms with Gasteiger partial charge in [0.15, 0.2) is 0 Å². The second-order valence-electron chi connectivity index (χ2n) is 8.73. The number of ether oxygens (including phenoxy) is 2. The number of rotatable bonds is 8. The SMILES string of the molecule is COC(=O)c1ccc(C=C(CCOc2cccc3ccccc23)CN2C(=O)c3ccccc3C2=O)cc1. The van der Waals surface area contributed by atoms with Gasteiger partial charge in [-0.15, -0.1) is 0 Å². The number of imide groups is 1. The van der Waals surface area contributed by atoms with Gasteiger partial charge in [-0.2, -0.15) is 0 Å². The summed E-state index contributed by atoms with van der Waals surface area (Å²) < 4.78 is 10.9. The molecule has 0 saturated carbocycles. The van der Waals surface area contributed by atoms with Gasteiger partial charge in [0, 0.05) is 11.8 Å². The second kappa shape index (κ2) is 10.5. The number of hydrogen-bond donors (Lipinski definition) is 0. The predicted octanol–water partition coefficient (Wildman–Crippen LogP) is 5.78. The molecule has 5 rings (SSSR count). The highest BCUT2D eigenvalue weighted by Gasteiger charge is 2.35. The summed E-state index contributed by atoms with van der Waals surface area (Å²) in [4.78, 5) is 39.0. The average molecular weight is 492 g/mol. The van der Waals surface area contributed by atoms with Gasteiger partial charge in [0.1, 0.15) is 5.75 Å². The number of fused-ring (bicyclic) bond motifs is 2. The van der Waals surface area contributed by atoms with Crippen molar-refractivity contribution in [1.82, 2.24) is 4.90 Å². The van der Waals surface area contributed by atoms with Gasteiger partial charge >= 0.3 is 5.97 Å². The first-order valence-electron chi connectivity index (χ1n) is 12.0. The van der Waals surface area contributed by atoms with E-state index in [1.807, 2.05) is 48.5 Å². The second-order valence-corrected chi connectivity index (χ2v) is 8.73. The van der Waals surface area contributed by atoms with E-state index in [9.17, 15) is 14.4 Å². The van der Waals surface area contributed by atoms with Gasteiger partial charge in [-0.05, 0) is 46.9 Å². The van der Waals surface area contributed by atoms with E-state index in [1.54, 1.807) is 48.5 Å². The van der Waals surface area contributed by atoms with Crippen LogP contribution in [0.5, 0.6) is 5.75 Å². The summed E-state index contributed by atoms with van der Waals surface area (Å²) in [7, 11) is 1.34. The van der Waals surface area contributed by atoms with E-state index in [1.165, 1.54) is 12.0 Å². The van der Waals surface area contributed by atoms with Gasteiger partial charge in [0.25, 0.3) is 11.8 Å². The van der Waals surface area contributed by atoms with Crippen molar-refractivity contribution >= 4 is 34.6 Å². The van der Waals surface area contributed by atoms with Crippen LogP contribution in [0.3, 0.4) is 0 Å². The Morgan fingerprint density at radius 2 is 1.46 bits per heavy atom. The van der Waals surface area contributed by atoms with Crippen LogP contribution in [0.4, 0.5) is 0 Å². The van der Waals surface area contributed by atoms with Crippen molar-refractivity contribution in [3.63, 3.8) is 0 Å². The van der Waals surface area contributed by atoms with Gasteiger partial charge in [-0.25, -0.2) is 4.79 Å². The Bertz CT molecular complexity index is 1480. The van der Waals surface area contributed by atoms with Crippen LogP contribution in [0.1, 0.15) is 43.1 Å². The summed E-state index contributed by atoms with van der Waals surface area (Å²) >= 11 is 0. The van der Waals surface area contributed by atoms with Crippen LogP contribution in [0.25, 0.3) is 16.8 Å². The molecule has 0 unspecified atom stereocenters. The lowest BCUT2D eigenvalue weighted by atomic mass is 10.1. The summed E-state index contributed by atoms with van der Waals surface area (Å²) in [6, 6.07) is 27.8. The number of amides is 2. The van der Waals surface area contributed by atoms with E-state index in [-0.39, 0.29) is 18.4 Å². The zero-order valence-corrected chi connectivity index (χ0v) is 20.3. The number of carbonyl (C=O) groups excluding carboxylic acids is 3. The lowest BCUT2D eigenvalue weighted by Gasteiger charge is -2.18. The maximum atomic E-state index is 13.0. The van der Waals surface area contributed by atoms with Crippen LogP contribution < -0.4 is 4.74 Å². The summed E-state index contributed by atoms with van der Waals surface area (Å²) in [6.07, 6.45) is 2.42. The normalized spacial score (nSPS) is 13.1. The molecule has 0 N–H and O–H groups in total. The predicted molar refractivity (Wildman–Crippen MR) is 142 cm³/mol. The van der Waals surface area contributed by atoms with Gasteiger partial charge in [0.2, 0.25) is 0 Å². The number of carbonyl (C=O) groups is 3. The Labute approximate surface area is 214 Å². The van der Waals surface area contributed by atoms with E-state index in [0.29, 0.717) is 29.7 Å². The number of esters is 1. The topological polar surface area (TPSA) is 72.9 Å². The molecule has 184 valence electrons. The molecule has 37 heavy (non-hydrogen) atoms. The molecule has 2 amide bonds. The van der Waals surface area contributed by atoms with Crippen molar-refractivity contribution in [3.8, 4) is 5.75 Å². The van der Waals surface area contributed by atoms with Crippen LogP contribution >= 0.6 is 0 Å². The van der Waals surface area contributed by atoms with Crippen LogP contribution in [0.2, 0.25) is 0 Å². The zero-order valence-electron chi connectivity index (χ0n) is 20.3. The quantitative estimate of drug-likeness (QED) is 0.231. The highest BCUT2D eigenvalue weighted by atomic mass is 16.5. The summed E-state index contributed by atoms with van der Waals surface area (Å²) in [6.45, 7) is 0.507. The third-order valence-electron chi connectivity index (χ3n) is 6.37. The van der Waals surface area contributed by atoms with E-state index in [0.717, 1.165) is 27.7 Å². The zero-order chi connectivity index (χ0) is 25.8. The van der Waals surface area contributed by atoms with E-state index < -0.39 is 5.97 Å². The lowest BCUT2D eigenvalue weighted by Crippen LogP contribution is -2.32. The Hall–Kier alpha value is -4.71. The Morgan fingerprint density at radius 1 is 0.811 bits per heavy atom. The largest absolute Gasteiger partial charge is 0.493 e. The molecular formula is C31H25NO5. The molecule has 4 aromatic rings. The van der Waals surface area contributed by atoms with Gasteiger partial charge in [-0.3, -0.25) is 14.5 Å². The molecule has 0 aliphatic carbocycles. The molecule has 0 radical (unpaired) electrons. The molecule has 0 spiro atoms. The van der Waals surface area contributed by atoms with Crippen molar-refractivity contribution in [2.45, 2.75) is 6.42 Å². The van der Waals surface area contributed by atoms with Crippen LogP contribution in [-0.2, 0) is 4.74 Å². The molecule has 4 aromatic carbocycles. The molecule has 0 atom stereocenters. The highest BCUT2D eigenvalue weighted by molar-refractivity contribution is 6.21. The fourth-order valence-corrected chi connectivity index (χ4v) is 4.47. The smallest absolute Gasteiger partial charge is 0.337 e. The standard InChI is InChI=1S/C31H25NO5/c1-36-31(35)24-15-13-21(14-16-24)19-22(20-32-29(33)26-10-4-5-11-27(26)30(32)34)17-18-37-28-12-6-8-23-7-2-3-9-25(23)28/h2-16,19H,17-18,20H2,1H3. The summed E-state index contributed by atoms with van der Waals surface area (Å²) in [5.74, 6) is -0.240. The first-order valence-corrected chi connectivity index (χ1v) is 12.0. The monoisotopic (exact) mass is 491 g/mol. The number of hydrogen-bond acceptors (Lipinski definition) is 5. The minimum atomic E-state index is -0.412. The first kappa shape index (κ1) is 24.0. The van der Waals surface area contributed by atoms with Crippen molar-refractivity contribution < 1.29 is 23.9 Å². The molecule has 1 aliphatic rings. The van der Waals surface area contributed by atoms with Gasteiger partial charge < -0.3 is 9.47 Å². The molecular weight excluding hydrogens is 466 g/mol. The third kappa shape index (κ3) is 5.00. The highest BCUT2D eigenvalue weighted by Crippen LogP contribution is 2.27. The van der Waals surface area contributed by atoms with Crippen molar-refractivity contribution in [2.75, 3.05) is 20.3 Å². The minimum Gasteiger partial charge on any atom is -0.493 e. The molecule has 6 nitrogen and oxygen atoms in total. The van der Waals surface area contributed by atoms with Crippen molar-refractivity contribution in [3.05, 3.63) is 119 Å². The minimum absolute atomic E-state index is 0.143. The average Bonchev–Trinajstić information content (AvgIpc) is 3.18. The van der Waals surface area contributed by atoms with Crippen LogP contribution in [0.15, 0.2) is 96.6 Å². The summed E-state index contributed by atoms with van der Waals surface area (Å²) in [5, 5.41) is 2.11. The Morgan fingerprint density at radius 3 is 2.16 bits per heavy atom. The first-order chi connectivity index (χ1) is 18.0. The van der Waals surface area contributed by atoms with Crippen LogP contribution in [-0.4, -0.2) is 42.9 Å². The fraction of sp³-hybridized carbons (Fsp3) is 0.129. The van der Waals surface area contributed by atoms with Gasteiger partial charge in [-0.1, -0.05) is 66.7 Å². The third-order valence-corrected chi connectivity index (χ3v) is 6.37. The number of methoxy groups -OCH3 is 1. The maximum absolute atomic E-state index is 13.0. The molecule has 0 aromatic heterocycles. The van der Waals surface area contributed by atoms with Gasteiger partial charge in [0.05, 0.1) is 37.0 Å². The lowest BCUT2D eigenvalue weighted by molar-refractivity contribution is 0.0598.